The van der Waals surface area contributed by atoms with Crippen molar-refractivity contribution in [1.82, 2.24) is 4.90 Å². The Hall–Kier alpha value is -1.52. The minimum absolute atomic E-state index is 0.0000412. The monoisotopic (exact) mass is 335 g/mol. The van der Waals surface area contributed by atoms with Gasteiger partial charge in [0.15, 0.2) is 0 Å². The van der Waals surface area contributed by atoms with Crippen LogP contribution >= 0.6 is 23.1 Å². The lowest BCUT2D eigenvalue weighted by Gasteiger charge is -2.17. The molecule has 1 aliphatic heterocycles. The topological polar surface area (TPSA) is 73.2 Å². The third-order valence-electron chi connectivity index (χ3n) is 4.04. The summed E-state index contributed by atoms with van der Waals surface area (Å²) >= 11 is 3.03. The lowest BCUT2D eigenvalue weighted by Crippen LogP contribution is -2.34. The van der Waals surface area contributed by atoms with E-state index in [2.05, 4.69) is 18.3 Å². The van der Waals surface area contributed by atoms with Gasteiger partial charge in [0.1, 0.15) is 17.6 Å². The van der Waals surface area contributed by atoms with Gasteiger partial charge in [-0.25, -0.2) is 0 Å². The molecule has 0 bridgehead atoms. The molecule has 2 amide bonds. The zero-order chi connectivity index (χ0) is 15.7. The molecular weight excluding hydrogens is 318 g/mol. The fourth-order valence-corrected chi connectivity index (χ4v) is 5.12. The molecule has 0 saturated carbocycles. The minimum Gasteiger partial charge on any atom is -0.323 e. The van der Waals surface area contributed by atoms with E-state index in [0.29, 0.717) is 28.1 Å². The molecule has 5 nitrogen and oxygen atoms in total. The summed E-state index contributed by atoms with van der Waals surface area (Å²) in [6.45, 7) is 2.28. The van der Waals surface area contributed by atoms with Crippen molar-refractivity contribution in [2.75, 3.05) is 23.5 Å². The Morgan fingerprint density at radius 1 is 1.55 bits per heavy atom. The highest BCUT2D eigenvalue weighted by molar-refractivity contribution is 8.00. The second kappa shape index (κ2) is 6.31. The van der Waals surface area contributed by atoms with Gasteiger partial charge < -0.3 is 10.2 Å². The Balaban J connectivity index is 1.73. The van der Waals surface area contributed by atoms with Crippen molar-refractivity contribution in [3.05, 3.63) is 16.0 Å². The number of thiophene rings is 1. The van der Waals surface area contributed by atoms with Crippen molar-refractivity contribution in [1.29, 1.82) is 5.26 Å². The third kappa shape index (κ3) is 2.99. The van der Waals surface area contributed by atoms with Crippen molar-refractivity contribution < 1.29 is 9.59 Å². The number of carbonyl (C=O) groups excluding carboxylic acids is 2. The fourth-order valence-electron chi connectivity index (χ4n) is 2.84. The summed E-state index contributed by atoms with van der Waals surface area (Å²) in [5, 5.41) is 12.9. The molecule has 2 aliphatic rings. The van der Waals surface area contributed by atoms with Crippen LogP contribution in [0.25, 0.3) is 0 Å². The van der Waals surface area contributed by atoms with Crippen LogP contribution in [0.15, 0.2) is 0 Å². The molecule has 1 aliphatic carbocycles. The van der Waals surface area contributed by atoms with Crippen molar-refractivity contribution in [2.45, 2.75) is 26.2 Å². The zero-order valence-electron chi connectivity index (χ0n) is 12.3. The summed E-state index contributed by atoms with van der Waals surface area (Å²) in [5.74, 6) is 1.41. The summed E-state index contributed by atoms with van der Waals surface area (Å²) in [4.78, 5) is 26.5. The van der Waals surface area contributed by atoms with E-state index >= 15 is 0 Å². The lowest BCUT2D eigenvalue weighted by molar-refractivity contribution is -0.130. The molecule has 0 radical (unpaired) electrons. The van der Waals surface area contributed by atoms with E-state index in [4.69, 9.17) is 0 Å². The van der Waals surface area contributed by atoms with Gasteiger partial charge in [-0.1, -0.05) is 6.92 Å². The van der Waals surface area contributed by atoms with Gasteiger partial charge in [-0.15, -0.1) is 23.1 Å². The Morgan fingerprint density at radius 3 is 3.05 bits per heavy atom. The van der Waals surface area contributed by atoms with E-state index in [1.165, 1.54) is 28.0 Å². The Labute approximate surface area is 137 Å². The molecule has 1 atom stereocenters. The van der Waals surface area contributed by atoms with E-state index in [9.17, 15) is 14.9 Å². The van der Waals surface area contributed by atoms with Gasteiger partial charge in [0.2, 0.25) is 11.8 Å². The normalized spacial score (nSPS) is 20.6. The van der Waals surface area contributed by atoms with Crippen molar-refractivity contribution in [3.63, 3.8) is 0 Å². The summed E-state index contributed by atoms with van der Waals surface area (Å²) in [5.41, 5.74) is 1.72. The predicted octanol–water partition coefficient (Wildman–Crippen LogP) is 2.22. The molecule has 1 aromatic heterocycles. The fraction of sp³-hybridized carbons (Fsp3) is 0.533. The number of amides is 2. The van der Waals surface area contributed by atoms with E-state index in [0.717, 1.165) is 24.8 Å². The van der Waals surface area contributed by atoms with Crippen LogP contribution < -0.4 is 5.32 Å². The molecule has 22 heavy (non-hydrogen) atoms. The standard InChI is InChI=1S/C15H17N3O2S2/c1-9-2-3-10-11(5-16)15(22-12(10)4-9)17-13(19)6-18-8-21-7-14(18)20/h9H,2-4,6-8H2,1H3,(H,17,19)/t9-/m1/s1. The number of nitrogens with one attached hydrogen (secondary N) is 1. The molecular formula is C15H17N3O2S2. The van der Waals surface area contributed by atoms with Gasteiger partial charge in [0.05, 0.1) is 17.2 Å². The van der Waals surface area contributed by atoms with Gasteiger partial charge in [0.25, 0.3) is 0 Å². The van der Waals surface area contributed by atoms with Gasteiger partial charge in [-0.3, -0.25) is 9.59 Å². The number of nitriles is 1. The van der Waals surface area contributed by atoms with Crippen LogP contribution in [-0.2, 0) is 22.4 Å². The largest absolute Gasteiger partial charge is 0.323 e. The van der Waals surface area contributed by atoms with Crippen LogP contribution in [0.1, 0.15) is 29.3 Å². The number of fused-ring (bicyclic) bond motifs is 1. The number of carbonyl (C=O) groups is 2. The van der Waals surface area contributed by atoms with E-state index in [1.807, 2.05) is 0 Å². The number of nitrogens with zero attached hydrogens (tertiary/aromatic N) is 2. The first kappa shape index (κ1) is 15.4. The molecule has 2 heterocycles. The average Bonchev–Trinajstić information content (AvgIpc) is 3.01. The highest BCUT2D eigenvalue weighted by atomic mass is 32.2. The van der Waals surface area contributed by atoms with E-state index < -0.39 is 0 Å². The maximum atomic E-state index is 12.1. The third-order valence-corrected chi connectivity index (χ3v) is 6.15. The number of hydrogen-bond donors (Lipinski definition) is 1. The first-order chi connectivity index (χ1) is 10.6. The van der Waals surface area contributed by atoms with Gasteiger partial charge in [-0.05, 0) is 30.7 Å². The van der Waals surface area contributed by atoms with Crippen LogP contribution in [0, 0.1) is 17.2 Å². The van der Waals surface area contributed by atoms with Crippen LogP contribution in [0.2, 0.25) is 0 Å². The number of thioether (sulfide) groups is 1. The predicted molar refractivity (Wildman–Crippen MR) is 87.9 cm³/mol. The summed E-state index contributed by atoms with van der Waals surface area (Å²) in [6.07, 6.45) is 2.98. The molecule has 1 fully saturated rings. The Kier molecular flexibility index (Phi) is 4.41. The van der Waals surface area contributed by atoms with Gasteiger partial charge >= 0.3 is 0 Å². The molecule has 0 spiro atoms. The second-order valence-electron chi connectivity index (χ2n) is 5.79. The first-order valence-corrected chi connectivity index (χ1v) is 9.25. The molecule has 1 saturated heterocycles. The van der Waals surface area contributed by atoms with Gasteiger partial charge in [0, 0.05) is 4.88 Å². The summed E-state index contributed by atoms with van der Waals surface area (Å²) < 4.78 is 0. The van der Waals surface area contributed by atoms with Crippen molar-refractivity contribution in [2.24, 2.45) is 5.92 Å². The lowest BCUT2D eigenvalue weighted by atomic mass is 9.89. The molecule has 7 heteroatoms. The molecule has 1 aromatic rings. The molecule has 1 N–H and O–H groups in total. The van der Waals surface area contributed by atoms with E-state index in [-0.39, 0.29) is 18.4 Å². The molecule has 0 unspecified atom stereocenters. The van der Waals surface area contributed by atoms with Crippen molar-refractivity contribution >= 4 is 39.9 Å². The Bertz CT molecular complexity index is 662. The highest BCUT2D eigenvalue weighted by Gasteiger charge is 2.26. The van der Waals surface area contributed by atoms with E-state index in [1.54, 1.807) is 4.90 Å². The Morgan fingerprint density at radius 2 is 2.36 bits per heavy atom. The van der Waals surface area contributed by atoms with Crippen LogP contribution in [0.3, 0.4) is 0 Å². The van der Waals surface area contributed by atoms with Crippen LogP contribution in [-0.4, -0.2) is 34.9 Å². The van der Waals surface area contributed by atoms with Gasteiger partial charge in [-0.2, -0.15) is 5.26 Å². The summed E-state index contributed by atoms with van der Waals surface area (Å²) in [7, 11) is 0. The highest BCUT2D eigenvalue weighted by Crippen LogP contribution is 2.39. The molecule has 3 rings (SSSR count). The smallest absolute Gasteiger partial charge is 0.244 e. The minimum atomic E-state index is -0.223. The first-order valence-electron chi connectivity index (χ1n) is 7.28. The molecule has 116 valence electrons. The second-order valence-corrected chi connectivity index (χ2v) is 7.85. The van der Waals surface area contributed by atoms with Crippen molar-refractivity contribution in [3.8, 4) is 6.07 Å². The SMILES string of the molecule is C[C@@H]1CCc2c(sc(NC(=O)CN3CSCC3=O)c2C#N)C1. The van der Waals surface area contributed by atoms with Crippen LogP contribution in [0.5, 0.6) is 0 Å². The summed E-state index contributed by atoms with van der Waals surface area (Å²) in [6, 6.07) is 2.24. The zero-order valence-corrected chi connectivity index (χ0v) is 14.0. The maximum absolute atomic E-state index is 12.1. The number of anilines is 1. The maximum Gasteiger partial charge on any atom is 0.244 e. The van der Waals surface area contributed by atoms with Crippen LogP contribution in [0.4, 0.5) is 5.00 Å². The molecule has 0 aromatic carbocycles. The average molecular weight is 335 g/mol. The number of hydrogen-bond acceptors (Lipinski definition) is 5. The quantitative estimate of drug-likeness (QED) is 0.919. The number of rotatable bonds is 3.